The molecule has 1 aromatic heterocycles. The Morgan fingerprint density at radius 3 is 2.96 bits per heavy atom. The lowest BCUT2D eigenvalue weighted by molar-refractivity contribution is -0.139. The second-order valence-corrected chi connectivity index (χ2v) is 5.97. The van der Waals surface area contributed by atoms with Crippen LogP contribution in [0.25, 0.3) is 10.9 Å². The Kier molecular flexibility index (Phi) is 3.13. The molecule has 23 heavy (non-hydrogen) atoms. The fourth-order valence-electron chi connectivity index (χ4n) is 3.77. The number of carbonyl (C=O) groups is 2. The molecule has 5 nitrogen and oxygen atoms in total. The van der Waals surface area contributed by atoms with Crippen molar-refractivity contribution in [2.45, 2.75) is 25.4 Å². The molecule has 0 unspecified atom stereocenters. The average molecular weight is 310 g/mol. The van der Waals surface area contributed by atoms with E-state index in [0.717, 1.165) is 22.2 Å². The van der Waals surface area contributed by atoms with E-state index in [9.17, 15) is 9.59 Å². The molecule has 0 aliphatic carbocycles. The van der Waals surface area contributed by atoms with E-state index < -0.39 is 12.0 Å². The van der Waals surface area contributed by atoms with Crippen LogP contribution in [-0.2, 0) is 16.6 Å². The topological polar surface area (TPSA) is 60.3 Å². The number of nitrogens with zero attached hydrogens (tertiary/aromatic N) is 1. The number of benzene rings is 1. The Hall–Kier alpha value is -2.40. The first kappa shape index (κ1) is 14.2. The molecule has 2 aliphatic rings. The third kappa shape index (κ3) is 1.90. The average Bonchev–Trinajstić information content (AvgIpc) is 2.87. The molecule has 4 rings (SSSR count). The Balaban J connectivity index is 1.87. The highest BCUT2D eigenvalue weighted by Crippen LogP contribution is 2.39. The van der Waals surface area contributed by atoms with Crippen LogP contribution in [0.1, 0.15) is 35.4 Å². The highest BCUT2D eigenvalue weighted by molar-refractivity contribution is 6.16. The first-order valence-electron chi connectivity index (χ1n) is 7.88. The number of hydrogen-bond acceptors (Lipinski definition) is 4. The fraction of sp³-hybridized carbons (Fsp3) is 0.333. The summed E-state index contributed by atoms with van der Waals surface area (Å²) >= 11 is 0. The molecule has 5 heteroatoms. The van der Waals surface area contributed by atoms with E-state index in [1.165, 1.54) is 0 Å². The van der Waals surface area contributed by atoms with E-state index in [2.05, 4.69) is 9.88 Å². The van der Waals surface area contributed by atoms with Crippen molar-refractivity contribution in [1.29, 1.82) is 0 Å². The van der Waals surface area contributed by atoms with Gasteiger partial charge in [-0.1, -0.05) is 24.3 Å². The second kappa shape index (κ2) is 5.06. The standard InChI is InChI=1S/C18H18N2O3/c1-3-23-18(22)11-8-9-12-16-14(17(21)15(11)19-12)10-6-4-5-7-13(10)20(16)2/h4-8,12,15,19H,3,9H2,1-2H3/t12-,15+/m0/s1. The van der Waals surface area contributed by atoms with Gasteiger partial charge in [-0.3, -0.25) is 10.1 Å². The van der Waals surface area contributed by atoms with Crippen LogP contribution in [0.2, 0.25) is 0 Å². The van der Waals surface area contributed by atoms with Crippen LogP contribution in [0.4, 0.5) is 0 Å². The summed E-state index contributed by atoms with van der Waals surface area (Å²) in [6, 6.07) is 7.34. The van der Waals surface area contributed by atoms with E-state index in [1.54, 1.807) is 6.92 Å². The predicted octanol–water partition coefficient (Wildman–Crippen LogP) is 2.27. The number of aryl methyl sites for hydroxylation is 1. The number of Topliss-reactive ketones (excluding diaryl/α,β-unsaturated/α-hetero) is 1. The molecule has 2 aliphatic heterocycles. The van der Waals surface area contributed by atoms with E-state index >= 15 is 0 Å². The predicted molar refractivity (Wildman–Crippen MR) is 86.2 cm³/mol. The van der Waals surface area contributed by atoms with Gasteiger partial charge in [-0.25, -0.2) is 4.79 Å². The highest BCUT2D eigenvalue weighted by Gasteiger charge is 2.43. The molecule has 0 saturated heterocycles. The maximum absolute atomic E-state index is 13.0. The Morgan fingerprint density at radius 2 is 2.17 bits per heavy atom. The van der Waals surface area contributed by atoms with Gasteiger partial charge in [0.1, 0.15) is 6.04 Å². The maximum atomic E-state index is 13.0. The number of rotatable bonds is 2. The van der Waals surface area contributed by atoms with Crippen molar-refractivity contribution >= 4 is 22.7 Å². The number of ketones is 1. The molecule has 3 heterocycles. The van der Waals surface area contributed by atoms with Crippen molar-refractivity contribution in [3.05, 3.63) is 47.2 Å². The summed E-state index contributed by atoms with van der Waals surface area (Å²) in [7, 11) is 1.99. The molecule has 118 valence electrons. The summed E-state index contributed by atoms with van der Waals surface area (Å²) in [6.07, 6.45) is 2.53. The van der Waals surface area contributed by atoms with Crippen molar-refractivity contribution in [3.63, 3.8) is 0 Å². The zero-order chi connectivity index (χ0) is 16.1. The van der Waals surface area contributed by atoms with Crippen molar-refractivity contribution in [3.8, 4) is 0 Å². The number of carbonyl (C=O) groups excluding carboxylic acids is 2. The fourth-order valence-corrected chi connectivity index (χ4v) is 3.77. The van der Waals surface area contributed by atoms with Crippen molar-refractivity contribution in [2.75, 3.05) is 6.61 Å². The lowest BCUT2D eigenvalue weighted by atomic mass is 9.83. The molecular weight excluding hydrogens is 292 g/mol. The number of hydrogen-bond donors (Lipinski definition) is 1. The monoisotopic (exact) mass is 310 g/mol. The SMILES string of the molecule is CCOC(=O)C1=CC[C@@H]2N[C@H]1C(=O)c1c2n(C)c2ccccc12. The van der Waals surface area contributed by atoms with Gasteiger partial charge in [0.25, 0.3) is 0 Å². The van der Waals surface area contributed by atoms with Crippen LogP contribution < -0.4 is 5.32 Å². The smallest absolute Gasteiger partial charge is 0.335 e. The number of ether oxygens (including phenoxy) is 1. The maximum Gasteiger partial charge on any atom is 0.335 e. The van der Waals surface area contributed by atoms with Gasteiger partial charge in [0.2, 0.25) is 0 Å². The Morgan fingerprint density at radius 1 is 1.39 bits per heavy atom. The van der Waals surface area contributed by atoms with Gasteiger partial charge in [-0.05, 0) is 19.4 Å². The first-order valence-corrected chi connectivity index (χ1v) is 7.88. The molecule has 2 aromatic rings. The van der Waals surface area contributed by atoms with Crippen molar-refractivity contribution in [1.82, 2.24) is 9.88 Å². The Labute approximate surface area is 133 Å². The van der Waals surface area contributed by atoms with Crippen LogP contribution >= 0.6 is 0 Å². The van der Waals surface area contributed by atoms with Gasteiger partial charge >= 0.3 is 5.97 Å². The third-order valence-corrected chi connectivity index (χ3v) is 4.75. The van der Waals surface area contributed by atoms with Crippen LogP contribution in [-0.4, -0.2) is 29.0 Å². The summed E-state index contributed by atoms with van der Waals surface area (Å²) in [4.78, 5) is 25.2. The quantitative estimate of drug-likeness (QED) is 0.865. The molecular formula is C18H18N2O3. The van der Waals surface area contributed by atoms with Gasteiger partial charge < -0.3 is 9.30 Å². The minimum absolute atomic E-state index is 0.0447. The normalized spacial score (nSPS) is 22.7. The zero-order valence-corrected chi connectivity index (χ0v) is 13.1. The molecule has 0 amide bonds. The number of fused-ring (bicyclic) bond motifs is 6. The van der Waals surface area contributed by atoms with Crippen LogP contribution in [0.5, 0.6) is 0 Å². The highest BCUT2D eigenvalue weighted by atomic mass is 16.5. The summed E-state index contributed by atoms with van der Waals surface area (Å²) < 4.78 is 7.18. The number of aromatic nitrogens is 1. The van der Waals surface area contributed by atoms with E-state index in [1.807, 2.05) is 37.4 Å². The summed E-state index contributed by atoms with van der Waals surface area (Å²) in [5.41, 5.74) is 3.22. The number of esters is 1. The molecule has 0 fully saturated rings. The van der Waals surface area contributed by atoms with Crippen molar-refractivity contribution < 1.29 is 14.3 Å². The minimum Gasteiger partial charge on any atom is -0.463 e. The minimum atomic E-state index is -0.605. The number of para-hydroxylation sites is 1. The molecule has 2 bridgehead atoms. The van der Waals surface area contributed by atoms with E-state index in [4.69, 9.17) is 4.74 Å². The molecule has 0 radical (unpaired) electrons. The van der Waals surface area contributed by atoms with Crippen LogP contribution in [0.3, 0.4) is 0 Å². The first-order chi connectivity index (χ1) is 11.1. The molecule has 0 saturated carbocycles. The summed E-state index contributed by atoms with van der Waals surface area (Å²) in [6.45, 7) is 2.07. The molecule has 1 aromatic carbocycles. The van der Waals surface area contributed by atoms with Gasteiger partial charge in [-0.15, -0.1) is 0 Å². The summed E-state index contributed by atoms with van der Waals surface area (Å²) in [5.74, 6) is -0.451. The van der Waals surface area contributed by atoms with Gasteiger partial charge in [0.05, 0.1) is 23.8 Å². The lowest BCUT2D eigenvalue weighted by Crippen LogP contribution is -2.49. The largest absolute Gasteiger partial charge is 0.463 e. The third-order valence-electron chi connectivity index (χ3n) is 4.75. The number of nitrogens with one attached hydrogen (secondary N) is 1. The van der Waals surface area contributed by atoms with Gasteiger partial charge in [-0.2, -0.15) is 0 Å². The lowest BCUT2D eigenvalue weighted by Gasteiger charge is -2.35. The summed E-state index contributed by atoms with van der Waals surface area (Å²) in [5, 5.41) is 4.27. The zero-order valence-electron chi connectivity index (χ0n) is 13.1. The van der Waals surface area contributed by atoms with Crippen LogP contribution in [0.15, 0.2) is 35.9 Å². The molecule has 2 atom stereocenters. The second-order valence-electron chi connectivity index (χ2n) is 5.97. The van der Waals surface area contributed by atoms with Crippen LogP contribution in [0, 0.1) is 0 Å². The van der Waals surface area contributed by atoms with E-state index in [0.29, 0.717) is 18.6 Å². The van der Waals surface area contributed by atoms with E-state index in [-0.39, 0.29) is 11.8 Å². The molecule has 0 spiro atoms. The molecule has 1 N–H and O–H groups in total. The Bertz CT molecular complexity index is 863. The van der Waals surface area contributed by atoms with Crippen molar-refractivity contribution in [2.24, 2.45) is 7.05 Å². The van der Waals surface area contributed by atoms with Gasteiger partial charge in [0.15, 0.2) is 5.78 Å². The van der Waals surface area contributed by atoms with Gasteiger partial charge in [0, 0.05) is 23.6 Å².